The van der Waals surface area contributed by atoms with Crippen molar-refractivity contribution in [3.05, 3.63) is 82.6 Å². The summed E-state index contributed by atoms with van der Waals surface area (Å²) in [4.78, 5) is 51.8. The van der Waals surface area contributed by atoms with Crippen molar-refractivity contribution in [3.8, 4) is 5.75 Å². The Bertz CT molecular complexity index is 1340. The van der Waals surface area contributed by atoms with Crippen molar-refractivity contribution in [1.82, 2.24) is 18.3 Å². The molecular weight excluding hydrogens is 416 g/mol. The molecule has 3 aromatic rings. The molecule has 1 aromatic carbocycles. The minimum Gasteiger partial charge on any atom is -0.508 e. The molecule has 3 N–H and O–H groups in total. The Morgan fingerprint density at radius 3 is 1.41 bits per heavy atom. The van der Waals surface area contributed by atoms with Crippen LogP contribution in [0.25, 0.3) is 0 Å². The van der Waals surface area contributed by atoms with E-state index in [1.165, 1.54) is 49.5 Å². The van der Waals surface area contributed by atoms with E-state index in [1.54, 1.807) is 26.2 Å². The fourth-order valence-corrected chi connectivity index (χ4v) is 4.01. The van der Waals surface area contributed by atoms with Crippen LogP contribution in [0.4, 0.5) is 11.6 Å². The normalized spacial score (nSPS) is 11.1. The van der Waals surface area contributed by atoms with E-state index < -0.39 is 28.4 Å². The van der Waals surface area contributed by atoms with Crippen molar-refractivity contribution in [2.45, 2.75) is 5.92 Å². The Morgan fingerprint density at radius 2 is 1.06 bits per heavy atom. The zero-order valence-electron chi connectivity index (χ0n) is 18.8. The lowest BCUT2D eigenvalue weighted by molar-refractivity contribution is 0.475. The van der Waals surface area contributed by atoms with E-state index in [0.717, 1.165) is 9.13 Å². The van der Waals surface area contributed by atoms with E-state index in [1.807, 2.05) is 0 Å². The number of hydrogen-bond donors (Lipinski definition) is 3. The third-order valence-electron chi connectivity index (χ3n) is 5.68. The highest BCUT2D eigenvalue weighted by Gasteiger charge is 2.32. The van der Waals surface area contributed by atoms with E-state index in [4.69, 9.17) is 0 Å². The van der Waals surface area contributed by atoms with Gasteiger partial charge in [0, 0.05) is 42.3 Å². The third kappa shape index (κ3) is 3.31. The number of nitrogens with one attached hydrogen (secondary N) is 2. The molecule has 2 heterocycles. The highest BCUT2D eigenvalue weighted by atomic mass is 16.3. The molecule has 0 atom stereocenters. The Balaban J connectivity index is 2.62. The van der Waals surface area contributed by atoms with Crippen LogP contribution in [0.3, 0.4) is 0 Å². The predicted molar refractivity (Wildman–Crippen MR) is 122 cm³/mol. The minimum atomic E-state index is -0.962. The van der Waals surface area contributed by atoms with Gasteiger partial charge in [-0.2, -0.15) is 0 Å². The highest BCUT2D eigenvalue weighted by molar-refractivity contribution is 5.59. The van der Waals surface area contributed by atoms with Crippen LogP contribution in [0.15, 0.2) is 43.4 Å². The van der Waals surface area contributed by atoms with Crippen molar-refractivity contribution >= 4 is 11.6 Å². The summed E-state index contributed by atoms with van der Waals surface area (Å²) in [5.41, 5.74) is -1.43. The molecule has 0 radical (unpaired) electrons. The molecule has 3 rings (SSSR count). The summed E-state index contributed by atoms with van der Waals surface area (Å²) in [6.07, 6.45) is 0. The molecule has 0 aliphatic rings. The van der Waals surface area contributed by atoms with Crippen molar-refractivity contribution < 1.29 is 5.11 Å². The number of phenols is 1. The second kappa shape index (κ2) is 8.25. The Hall–Kier alpha value is -4.02. The fraction of sp³-hybridized carbons (Fsp3) is 0.333. The molecular formula is C21H26N6O5. The first-order chi connectivity index (χ1) is 15.1. The number of aromatic hydroxyl groups is 1. The molecule has 0 bridgehead atoms. The molecule has 0 aliphatic carbocycles. The predicted octanol–water partition coefficient (Wildman–Crippen LogP) is -0.549. The minimum absolute atomic E-state index is 0.0110. The summed E-state index contributed by atoms with van der Waals surface area (Å²) in [6, 6.07) is 6.07. The lowest BCUT2D eigenvalue weighted by Crippen LogP contribution is -2.44. The molecule has 0 saturated heterocycles. The smallest absolute Gasteiger partial charge is 0.332 e. The number of phenolic OH excluding ortho intramolecular Hbond substituents is 1. The molecule has 0 saturated carbocycles. The molecule has 11 heteroatoms. The van der Waals surface area contributed by atoms with E-state index in [-0.39, 0.29) is 28.5 Å². The molecule has 170 valence electrons. The van der Waals surface area contributed by atoms with Gasteiger partial charge in [-0.1, -0.05) is 12.1 Å². The zero-order valence-corrected chi connectivity index (χ0v) is 18.8. The van der Waals surface area contributed by atoms with Crippen LogP contribution in [-0.4, -0.2) is 37.5 Å². The maximum atomic E-state index is 13.4. The van der Waals surface area contributed by atoms with Gasteiger partial charge in [0.05, 0.1) is 17.0 Å². The molecule has 0 spiro atoms. The van der Waals surface area contributed by atoms with Crippen LogP contribution in [0.5, 0.6) is 5.75 Å². The Kier molecular flexibility index (Phi) is 5.84. The molecule has 0 unspecified atom stereocenters. The Labute approximate surface area is 182 Å². The summed E-state index contributed by atoms with van der Waals surface area (Å²) in [5, 5.41) is 15.6. The van der Waals surface area contributed by atoms with E-state index in [2.05, 4.69) is 10.6 Å². The number of hydrogen-bond acceptors (Lipinski definition) is 7. The molecule has 2 aromatic heterocycles. The quantitative estimate of drug-likeness (QED) is 0.483. The second-order valence-electron chi connectivity index (χ2n) is 7.46. The van der Waals surface area contributed by atoms with Gasteiger partial charge in [-0.25, -0.2) is 9.59 Å². The first-order valence-corrected chi connectivity index (χ1v) is 9.81. The second-order valence-corrected chi connectivity index (χ2v) is 7.46. The number of anilines is 2. The summed E-state index contributed by atoms with van der Waals surface area (Å²) in [5.74, 6) is -0.489. The molecule has 0 fully saturated rings. The maximum absolute atomic E-state index is 13.4. The van der Waals surface area contributed by atoms with Crippen LogP contribution in [0, 0.1) is 0 Å². The van der Waals surface area contributed by atoms with Gasteiger partial charge in [0.2, 0.25) is 0 Å². The lowest BCUT2D eigenvalue weighted by Gasteiger charge is -2.25. The SMILES string of the molecule is CNc1c(C(c2ccc(O)cc2)c2c(NC)n(C)c(=O)n(C)c2=O)c(=O)n(C)c(=O)n1C. The number of rotatable bonds is 5. The average Bonchev–Trinajstić information content (AvgIpc) is 2.79. The van der Waals surface area contributed by atoms with Crippen molar-refractivity contribution in [3.63, 3.8) is 0 Å². The van der Waals surface area contributed by atoms with Gasteiger partial charge in [-0.15, -0.1) is 0 Å². The maximum Gasteiger partial charge on any atom is 0.332 e. The first-order valence-electron chi connectivity index (χ1n) is 9.81. The van der Waals surface area contributed by atoms with Gasteiger partial charge >= 0.3 is 11.4 Å². The molecule has 0 amide bonds. The Morgan fingerprint density at radius 1 is 0.688 bits per heavy atom. The van der Waals surface area contributed by atoms with E-state index >= 15 is 0 Å². The van der Waals surface area contributed by atoms with Gasteiger partial charge in [-0.3, -0.25) is 27.9 Å². The van der Waals surface area contributed by atoms with Gasteiger partial charge in [0.1, 0.15) is 17.4 Å². The van der Waals surface area contributed by atoms with Crippen LogP contribution in [0.2, 0.25) is 0 Å². The molecule has 32 heavy (non-hydrogen) atoms. The van der Waals surface area contributed by atoms with Gasteiger partial charge in [0.25, 0.3) is 11.1 Å². The van der Waals surface area contributed by atoms with Crippen LogP contribution >= 0.6 is 0 Å². The largest absolute Gasteiger partial charge is 0.508 e. The van der Waals surface area contributed by atoms with Crippen LogP contribution in [-0.2, 0) is 28.2 Å². The summed E-state index contributed by atoms with van der Waals surface area (Å²) >= 11 is 0. The zero-order chi connectivity index (χ0) is 23.9. The van der Waals surface area contributed by atoms with E-state index in [9.17, 15) is 24.3 Å². The van der Waals surface area contributed by atoms with E-state index in [0.29, 0.717) is 5.56 Å². The average molecular weight is 442 g/mol. The van der Waals surface area contributed by atoms with Crippen molar-refractivity contribution in [2.24, 2.45) is 28.2 Å². The number of aromatic nitrogens is 4. The summed E-state index contributed by atoms with van der Waals surface area (Å²) in [6.45, 7) is 0. The molecule has 0 aliphatic heterocycles. The third-order valence-corrected chi connectivity index (χ3v) is 5.68. The summed E-state index contributed by atoms with van der Waals surface area (Å²) < 4.78 is 4.51. The van der Waals surface area contributed by atoms with Gasteiger partial charge in [0.15, 0.2) is 0 Å². The van der Waals surface area contributed by atoms with Crippen molar-refractivity contribution in [2.75, 3.05) is 24.7 Å². The fourth-order valence-electron chi connectivity index (χ4n) is 4.01. The topological polar surface area (TPSA) is 132 Å². The van der Waals surface area contributed by atoms with Crippen molar-refractivity contribution in [1.29, 1.82) is 0 Å². The highest BCUT2D eigenvalue weighted by Crippen LogP contribution is 2.35. The van der Waals surface area contributed by atoms with Crippen LogP contribution < -0.4 is 33.1 Å². The standard InChI is InChI=1S/C21H26N6O5/c1-22-16-14(18(29)26(5)20(31)24(16)3)13(11-7-9-12(28)10-8-11)15-17(23-2)25(4)21(32)27(6)19(15)30/h7-10,13,22-23,28H,1-6H3. The number of nitrogens with zero attached hydrogens (tertiary/aromatic N) is 4. The molecule has 11 nitrogen and oxygen atoms in total. The first kappa shape index (κ1) is 22.7. The van der Waals surface area contributed by atoms with Gasteiger partial charge < -0.3 is 15.7 Å². The summed E-state index contributed by atoms with van der Waals surface area (Å²) in [7, 11) is 8.90. The van der Waals surface area contributed by atoms with Gasteiger partial charge in [-0.05, 0) is 17.7 Å². The van der Waals surface area contributed by atoms with Crippen LogP contribution in [0.1, 0.15) is 22.6 Å². The lowest BCUT2D eigenvalue weighted by atomic mass is 9.86. The monoisotopic (exact) mass is 442 g/mol. The number of benzene rings is 1.